The van der Waals surface area contributed by atoms with E-state index in [1.807, 2.05) is 99.0 Å². The fourth-order valence-corrected chi connectivity index (χ4v) is 15.1. The molecule has 0 spiro atoms. The van der Waals surface area contributed by atoms with E-state index < -0.39 is 11.7 Å². The average molecular weight is 1580 g/mol. The summed E-state index contributed by atoms with van der Waals surface area (Å²) in [7, 11) is 0. The van der Waals surface area contributed by atoms with Crippen LogP contribution in [0.1, 0.15) is 129 Å². The van der Waals surface area contributed by atoms with Crippen LogP contribution in [-0.4, -0.2) is 148 Å². The average Bonchev–Trinajstić information content (AvgIpc) is 1.62. The summed E-state index contributed by atoms with van der Waals surface area (Å²) in [6.45, 7) is 14.4. The molecule has 3 amide bonds. The number of fused-ring (bicyclic) bond motifs is 3. The Bertz CT molecular complexity index is 5620. The number of carbonyl (C=O) groups excluding carboxylic acids is 6. The number of carbonyl (C=O) groups is 6. The van der Waals surface area contributed by atoms with Crippen LogP contribution in [0.15, 0.2) is 203 Å². The normalized spacial score (nSPS) is 15.7. The molecule has 3 saturated heterocycles. The first kappa shape index (κ1) is 79.5. The molecule has 29 heteroatoms. The van der Waals surface area contributed by atoms with Gasteiger partial charge in [0, 0.05) is 96.9 Å². The molecule has 3 atom stereocenters. The van der Waals surface area contributed by atoms with Crippen LogP contribution in [0.3, 0.4) is 0 Å². The number of nitrogens with zero attached hydrogens (tertiary/aromatic N) is 15. The van der Waals surface area contributed by atoms with E-state index >= 15 is 0 Å². The van der Waals surface area contributed by atoms with Crippen molar-refractivity contribution in [2.75, 3.05) is 56.5 Å². The Morgan fingerprint density at radius 2 is 0.798 bits per heavy atom. The van der Waals surface area contributed by atoms with E-state index in [4.69, 9.17) is 55.7 Å². The lowest BCUT2D eigenvalue weighted by atomic mass is 10.00. The third kappa shape index (κ3) is 18.0. The van der Waals surface area contributed by atoms with Gasteiger partial charge in [-0.2, -0.15) is 28.5 Å². The number of amides is 3. The number of aryl methyl sites for hydroxylation is 3. The zero-order valence-electron chi connectivity index (χ0n) is 62.2. The van der Waals surface area contributed by atoms with Gasteiger partial charge in [0.1, 0.15) is 53.5 Å². The fourth-order valence-electron chi connectivity index (χ4n) is 14.7. The Balaban J connectivity index is 0.000000149. The zero-order valence-corrected chi connectivity index (χ0v) is 63.7. The first-order chi connectivity index (χ1) is 55.0. The topological polar surface area (TPSA) is 321 Å². The van der Waals surface area contributed by atoms with Gasteiger partial charge in [0.2, 0.25) is 17.7 Å². The highest BCUT2D eigenvalue weighted by molar-refractivity contribution is 6.34. The van der Waals surface area contributed by atoms with Crippen LogP contribution in [0.5, 0.6) is 0 Å². The molecule has 3 aliphatic rings. The number of Topliss-reactive ketones (excluding diaryl/α,β-unsaturated/α-hetero) is 3. The number of nitrogens with two attached hydrogens (primary N) is 3. The van der Waals surface area contributed by atoms with Crippen LogP contribution in [0.2, 0.25) is 10.0 Å². The van der Waals surface area contributed by atoms with Crippen LogP contribution in [-0.2, 0) is 39.8 Å². The molecule has 0 bridgehead atoms. The Hall–Kier alpha value is -12.6. The summed E-state index contributed by atoms with van der Waals surface area (Å²) in [6, 6.07) is 41.6. The Labute approximate surface area is 664 Å². The number of aromatic nitrogens is 12. The van der Waals surface area contributed by atoms with Crippen molar-refractivity contribution in [3.05, 3.63) is 252 Å². The molecule has 3 unspecified atom stereocenters. The first-order valence-corrected chi connectivity index (χ1v) is 38.1. The molecule has 3 fully saturated rings. The Morgan fingerprint density at radius 1 is 0.439 bits per heavy atom. The summed E-state index contributed by atoms with van der Waals surface area (Å²) < 4.78 is 43.9. The molecule has 0 saturated carbocycles. The number of hydrogen-bond acceptors (Lipinski definition) is 18. The smallest absolute Gasteiger partial charge is 0.383 e. The fraction of sp³-hybridized carbons (Fsp3) is 0.259. The summed E-state index contributed by atoms with van der Waals surface area (Å²) in [6.07, 6.45) is 11.5. The predicted octanol–water partition coefficient (Wildman–Crippen LogP) is 15.0. The predicted molar refractivity (Wildman–Crippen MR) is 433 cm³/mol. The summed E-state index contributed by atoms with van der Waals surface area (Å²) in [5.41, 5.74) is 28.8. The molecule has 9 heterocycles. The first-order valence-electron chi connectivity index (χ1n) is 37.3. The Kier molecular flexibility index (Phi) is 24.7. The monoisotopic (exact) mass is 1580 g/mol. The van der Waals surface area contributed by atoms with Crippen molar-refractivity contribution in [2.24, 2.45) is 0 Å². The second-order valence-corrected chi connectivity index (χ2v) is 28.9. The van der Waals surface area contributed by atoms with Gasteiger partial charge in [0.25, 0.3) is 0 Å². The molecule has 12 aromatic rings. The second-order valence-electron chi connectivity index (χ2n) is 28.0. The third-order valence-corrected chi connectivity index (χ3v) is 21.3. The van der Waals surface area contributed by atoms with Gasteiger partial charge in [-0.25, -0.2) is 43.9 Å². The summed E-state index contributed by atoms with van der Waals surface area (Å²) in [5.74, 6) is 0.560. The molecule has 6 N–H and O–H groups in total. The number of halogens is 5. The van der Waals surface area contributed by atoms with E-state index in [0.29, 0.717) is 160 Å². The maximum atomic E-state index is 12.8. The van der Waals surface area contributed by atoms with E-state index in [9.17, 15) is 41.9 Å². The lowest BCUT2D eigenvalue weighted by Gasteiger charge is -2.32. The number of hydrogen-bond donors (Lipinski definition) is 3. The molecule has 6 aromatic carbocycles. The standard InChI is InChI=1S/C29H27F3N6O2.2C28H27ClN6O2/c1-2-24(40)37-15-3-4-22(16-37)38-28-25(27(33)34-17-35-28)26(36-38)20-8-5-18(6-9-20)7-14-23(39)19-10-12-21(13-11-19)29(30,31)32;1-2-24(37)34-14-4-7-22(16-34)35-28-25(27(30)31-17-32-28)26(33-35)19-11-8-18(9-12-19)10-13-23(36)20-5-3-6-21(29)15-20;1-2-24(37)34-15-5-6-20(16-34)35-28-25(27(30)31-17-32-28)26(33-35)19-12-9-18(10-13-19)11-14-23(36)21-7-3-4-8-22(21)29/h2,5-6,8-13,17,22H,1,3-4,7,14-16H2,(H2,33,34,35);2-3,5-6,8-9,11-12,15,17,22H,1,4,7,10,13-14,16H2,(H2,30,31,32);2-4,7-10,12-13,17,20H,1,5-6,11,14-16H2,(H2,30,31,32). The van der Waals surface area contributed by atoms with E-state index in [1.54, 1.807) is 51.1 Å². The number of nitrogen functional groups attached to an aromatic ring is 3. The maximum absolute atomic E-state index is 12.8. The molecular formula is C85H81Cl2F3N18O6. The summed E-state index contributed by atoms with van der Waals surface area (Å²) in [4.78, 5) is 106. The van der Waals surface area contributed by atoms with E-state index in [-0.39, 0.29) is 65.2 Å². The molecule has 0 radical (unpaired) electrons. The number of likely N-dealkylation sites (tertiary alicyclic amines) is 3. The van der Waals surface area contributed by atoms with E-state index in [0.717, 1.165) is 84.0 Å². The van der Waals surface area contributed by atoms with Crippen molar-refractivity contribution < 1.29 is 41.9 Å². The molecule has 6 aromatic heterocycles. The molecule has 3 aliphatic heterocycles. The van der Waals surface area contributed by atoms with Gasteiger partial charge in [0.15, 0.2) is 34.3 Å². The highest BCUT2D eigenvalue weighted by Gasteiger charge is 2.34. The minimum Gasteiger partial charge on any atom is -0.383 e. The van der Waals surface area contributed by atoms with Gasteiger partial charge < -0.3 is 31.9 Å². The number of piperidine rings is 3. The number of anilines is 3. The second kappa shape index (κ2) is 35.4. The van der Waals surface area contributed by atoms with Crippen molar-refractivity contribution in [3.63, 3.8) is 0 Å². The van der Waals surface area contributed by atoms with E-state index in [1.165, 1.54) is 49.3 Å². The van der Waals surface area contributed by atoms with Crippen molar-refractivity contribution in [1.29, 1.82) is 0 Å². The third-order valence-electron chi connectivity index (χ3n) is 20.7. The summed E-state index contributed by atoms with van der Waals surface area (Å²) in [5, 5.41) is 17.7. The van der Waals surface area contributed by atoms with E-state index in [2.05, 4.69) is 49.6 Å². The largest absolute Gasteiger partial charge is 0.416 e. The van der Waals surface area contributed by atoms with Gasteiger partial charge >= 0.3 is 6.18 Å². The molecule has 114 heavy (non-hydrogen) atoms. The van der Waals surface area contributed by atoms with Gasteiger partial charge in [-0.3, -0.25) is 28.8 Å². The van der Waals surface area contributed by atoms with Crippen LogP contribution in [0.4, 0.5) is 30.6 Å². The van der Waals surface area contributed by atoms with Crippen LogP contribution in [0.25, 0.3) is 66.9 Å². The molecule has 24 nitrogen and oxygen atoms in total. The number of rotatable bonds is 21. The van der Waals surface area contributed by atoms with Gasteiger partial charge in [-0.15, -0.1) is 0 Å². The maximum Gasteiger partial charge on any atom is 0.416 e. The van der Waals surface area contributed by atoms with Crippen LogP contribution >= 0.6 is 23.2 Å². The molecular weight excluding hydrogens is 1500 g/mol. The Morgan fingerprint density at radius 3 is 1.15 bits per heavy atom. The minimum absolute atomic E-state index is 0.0146. The minimum atomic E-state index is -4.44. The van der Waals surface area contributed by atoms with Crippen molar-refractivity contribution in [1.82, 2.24) is 73.9 Å². The van der Waals surface area contributed by atoms with Crippen LogP contribution in [0, 0.1) is 0 Å². The summed E-state index contributed by atoms with van der Waals surface area (Å²) >= 11 is 12.2. The number of alkyl halides is 3. The number of benzene rings is 6. The zero-order chi connectivity index (χ0) is 80.3. The van der Waals surface area contributed by atoms with Crippen molar-refractivity contribution >= 4 is 109 Å². The van der Waals surface area contributed by atoms with Crippen molar-refractivity contribution in [3.8, 4) is 33.8 Å². The van der Waals surface area contributed by atoms with Crippen molar-refractivity contribution in [2.45, 2.75) is 101 Å². The molecule has 15 rings (SSSR count). The SMILES string of the molecule is C=CC(=O)N1CCCC(n2nc(-c3ccc(CCC(=O)c4ccc(C(F)(F)F)cc4)cc3)c3c(N)ncnc32)C1.C=CC(=O)N1CCCC(n2nc(-c3ccc(CCC(=O)c4cccc(Cl)c4)cc3)c3c(N)ncnc32)C1.C=CC(=O)N1CCCC(n2nc(-c3ccc(CCC(=O)c4ccccc4Cl)cc3)c3c(N)ncnc32)C1. The highest BCUT2D eigenvalue weighted by Crippen LogP contribution is 2.39. The van der Waals surface area contributed by atoms with Crippen LogP contribution < -0.4 is 17.2 Å². The quantitative estimate of drug-likeness (QED) is 0.0444. The molecule has 582 valence electrons. The van der Waals surface area contributed by atoms with Gasteiger partial charge in [0.05, 0.1) is 44.9 Å². The molecule has 0 aliphatic carbocycles. The van der Waals surface area contributed by atoms with Gasteiger partial charge in [-0.05, 0) is 129 Å². The lowest BCUT2D eigenvalue weighted by Crippen LogP contribution is -2.40. The van der Waals surface area contributed by atoms with Gasteiger partial charge in [-0.1, -0.05) is 152 Å². The lowest BCUT2D eigenvalue weighted by molar-refractivity contribution is -0.137. The number of ketones is 3. The highest BCUT2D eigenvalue weighted by atomic mass is 35.5.